The van der Waals surface area contributed by atoms with Crippen molar-refractivity contribution in [1.29, 1.82) is 0 Å². The minimum absolute atomic E-state index is 0.0520. The van der Waals surface area contributed by atoms with Gasteiger partial charge in [0.2, 0.25) is 0 Å². The largest absolute Gasteiger partial charge is 0.494 e. The number of anilines is 1. The van der Waals surface area contributed by atoms with Crippen LogP contribution < -0.4 is 24.5 Å². The predicted octanol–water partition coefficient (Wildman–Crippen LogP) is 4.13. The van der Waals surface area contributed by atoms with Crippen molar-refractivity contribution in [2.45, 2.75) is 18.4 Å². The van der Waals surface area contributed by atoms with E-state index in [-0.39, 0.29) is 17.4 Å². The number of nitrogens with one attached hydrogen (secondary N) is 2. The lowest BCUT2D eigenvalue weighted by Gasteiger charge is -2.24. The molecule has 11 heteroatoms. The Morgan fingerprint density at radius 3 is 2.05 bits per heavy atom. The van der Waals surface area contributed by atoms with Gasteiger partial charge in [-0.2, -0.15) is 5.10 Å². The summed E-state index contributed by atoms with van der Waals surface area (Å²) >= 11 is 0. The van der Waals surface area contributed by atoms with Crippen molar-refractivity contribution >= 4 is 33.7 Å². The maximum absolute atomic E-state index is 13.4. The number of ether oxygens (including phenoxy) is 2. The molecular formula is C32H32N4O6S. The molecule has 10 nitrogen and oxygen atoms in total. The van der Waals surface area contributed by atoms with Crippen LogP contribution in [0.4, 0.5) is 5.69 Å². The van der Waals surface area contributed by atoms with Crippen LogP contribution in [0.5, 0.6) is 11.5 Å². The third-order valence-corrected chi connectivity index (χ3v) is 7.83. The van der Waals surface area contributed by atoms with Crippen LogP contribution in [-0.4, -0.2) is 46.2 Å². The van der Waals surface area contributed by atoms with Gasteiger partial charge in [-0.15, -0.1) is 0 Å². The lowest BCUT2D eigenvalue weighted by Crippen LogP contribution is -2.39. The van der Waals surface area contributed by atoms with Crippen LogP contribution in [0.25, 0.3) is 0 Å². The topological polar surface area (TPSA) is 126 Å². The lowest BCUT2D eigenvalue weighted by atomic mass is 10.2. The molecule has 0 saturated heterocycles. The highest BCUT2D eigenvalue weighted by Gasteiger charge is 2.27. The first kappa shape index (κ1) is 30.8. The van der Waals surface area contributed by atoms with Crippen LogP contribution >= 0.6 is 0 Å². The van der Waals surface area contributed by atoms with E-state index in [0.717, 1.165) is 9.87 Å². The molecule has 2 amide bonds. The van der Waals surface area contributed by atoms with Crippen LogP contribution in [0.15, 0.2) is 119 Å². The molecule has 0 heterocycles. The first-order valence-corrected chi connectivity index (χ1v) is 14.9. The molecule has 0 aliphatic carbocycles. The number of hydrazone groups is 1. The van der Waals surface area contributed by atoms with Crippen molar-refractivity contribution in [3.8, 4) is 11.5 Å². The number of rotatable bonds is 14. The molecule has 0 saturated carbocycles. The SMILES string of the molecule is CCOc1ccc(N(CC(=O)N/N=C\c2ccc(OCC(=O)NCc3ccccc3)cc2)S(=O)(=O)c2ccccc2)cc1. The summed E-state index contributed by atoms with van der Waals surface area (Å²) in [7, 11) is -4.05. The van der Waals surface area contributed by atoms with E-state index in [1.165, 1.54) is 18.3 Å². The van der Waals surface area contributed by atoms with Crippen molar-refractivity contribution in [1.82, 2.24) is 10.7 Å². The van der Waals surface area contributed by atoms with E-state index in [0.29, 0.717) is 35.9 Å². The Morgan fingerprint density at radius 2 is 1.40 bits per heavy atom. The molecule has 0 aliphatic rings. The Balaban J connectivity index is 1.33. The Morgan fingerprint density at radius 1 is 0.791 bits per heavy atom. The number of amides is 2. The summed E-state index contributed by atoms with van der Waals surface area (Å²) in [4.78, 5) is 24.9. The van der Waals surface area contributed by atoms with Gasteiger partial charge in [-0.25, -0.2) is 13.8 Å². The summed E-state index contributed by atoms with van der Waals surface area (Å²) in [5, 5.41) is 6.76. The molecule has 0 atom stereocenters. The Hall–Kier alpha value is -5.16. The van der Waals surface area contributed by atoms with E-state index < -0.39 is 22.5 Å². The van der Waals surface area contributed by atoms with Crippen LogP contribution in [0.2, 0.25) is 0 Å². The third kappa shape index (κ3) is 9.17. The van der Waals surface area contributed by atoms with E-state index in [9.17, 15) is 18.0 Å². The number of sulfonamides is 1. The molecule has 0 spiro atoms. The fourth-order valence-corrected chi connectivity index (χ4v) is 5.34. The third-order valence-electron chi connectivity index (χ3n) is 6.04. The van der Waals surface area contributed by atoms with Crippen molar-refractivity contribution in [3.05, 3.63) is 120 Å². The molecule has 0 bridgehead atoms. The van der Waals surface area contributed by atoms with Gasteiger partial charge in [0.15, 0.2) is 6.61 Å². The second-order valence-corrected chi connectivity index (χ2v) is 11.0. The summed E-state index contributed by atoms with van der Waals surface area (Å²) in [5.41, 5.74) is 4.33. The monoisotopic (exact) mass is 600 g/mol. The summed E-state index contributed by atoms with van der Waals surface area (Å²) < 4.78 is 38.9. The molecule has 4 aromatic rings. The Labute approximate surface area is 251 Å². The number of carbonyl (C=O) groups is 2. The van der Waals surface area contributed by atoms with E-state index in [4.69, 9.17) is 9.47 Å². The average molecular weight is 601 g/mol. The fraction of sp³-hybridized carbons (Fsp3) is 0.156. The van der Waals surface area contributed by atoms with Crippen LogP contribution in [0.1, 0.15) is 18.1 Å². The Kier molecular flexibility index (Phi) is 10.9. The molecule has 2 N–H and O–H groups in total. The lowest BCUT2D eigenvalue weighted by molar-refractivity contribution is -0.123. The minimum Gasteiger partial charge on any atom is -0.494 e. The number of benzene rings is 4. The minimum atomic E-state index is -4.05. The maximum atomic E-state index is 13.4. The van der Waals surface area contributed by atoms with Crippen molar-refractivity contribution in [2.24, 2.45) is 5.10 Å². The molecule has 4 rings (SSSR count). The van der Waals surface area contributed by atoms with Gasteiger partial charge in [-0.05, 0) is 78.7 Å². The molecule has 222 valence electrons. The Bertz CT molecular complexity index is 1610. The molecule has 43 heavy (non-hydrogen) atoms. The van der Waals surface area contributed by atoms with E-state index >= 15 is 0 Å². The first-order valence-electron chi connectivity index (χ1n) is 13.5. The van der Waals surface area contributed by atoms with Gasteiger partial charge in [0.05, 0.1) is 23.4 Å². The second-order valence-electron chi connectivity index (χ2n) is 9.16. The van der Waals surface area contributed by atoms with Gasteiger partial charge >= 0.3 is 0 Å². The van der Waals surface area contributed by atoms with Gasteiger partial charge in [0.25, 0.3) is 21.8 Å². The van der Waals surface area contributed by atoms with Gasteiger partial charge in [0.1, 0.15) is 18.0 Å². The number of carbonyl (C=O) groups excluding carboxylic acids is 2. The predicted molar refractivity (Wildman–Crippen MR) is 165 cm³/mol. The zero-order valence-corrected chi connectivity index (χ0v) is 24.4. The summed E-state index contributed by atoms with van der Waals surface area (Å²) in [5.74, 6) is 0.199. The van der Waals surface area contributed by atoms with E-state index in [1.54, 1.807) is 66.7 Å². The van der Waals surface area contributed by atoms with Gasteiger partial charge in [-0.1, -0.05) is 48.5 Å². The molecule has 0 aromatic heterocycles. The highest BCUT2D eigenvalue weighted by molar-refractivity contribution is 7.92. The highest BCUT2D eigenvalue weighted by Crippen LogP contribution is 2.25. The van der Waals surface area contributed by atoms with Crippen LogP contribution in [0.3, 0.4) is 0 Å². The van der Waals surface area contributed by atoms with Gasteiger partial charge < -0.3 is 14.8 Å². The average Bonchev–Trinajstić information content (AvgIpc) is 3.04. The fourth-order valence-electron chi connectivity index (χ4n) is 3.90. The van der Waals surface area contributed by atoms with Crippen LogP contribution in [-0.2, 0) is 26.2 Å². The molecule has 0 aliphatic heterocycles. The summed E-state index contributed by atoms with van der Waals surface area (Å²) in [6.07, 6.45) is 1.42. The van der Waals surface area contributed by atoms with Crippen molar-refractivity contribution < 1.29 is 27.5 Å². The second kappa shape index (κ2) is 15.2. The molecule has 4 aromatic carbocycles. The quantitative estimate of drug-likeness (QED) is 0.166. The zero-order chi connectivity index (χ0) is 30.5. The zero-order valence-electron chi connectivity index (χ0n) is 23.6. The van der Waals surface area contributed by atoms with Crippen molar-refractivity contribution in [3.63, 3.8) is 0 Å². The summed E-state index contributed by atoms with van der Waals surface area (Å²) in [6, 6.07) is 30.7. The smallest absolute Gasteiger partial charge is 0.264 e. The molecule has 0 fully saturated rings. The molecule has 0 unspecified atom stereocenters. The van der Waals surface area contributed by atoms with Crippen LogP contribution in [0, 0.1) is 0 Å². The first-order chi connectivity index (χ1) is 20.8. The van der Waals surface area contributed by atoms with Gasteiger partial charge in [-0.3, -0.25) is 13.9 Å². The van der Waals surface area contributed by atoms with Crippen molar-refractivity contribution in [2.75, 3.05) is 24.1 Å². The highest BCUT2D eigenvalue weighted by atomic mass is 32.2. The molecule has 0 radical (unpaired) electrons. The maximum Gasteiger partial charge on any atom is 0.264 e. The molecular weight excluding hydrogens is 568 g/mol. The van der Waals surface area contributed by atoms with Gasteiger partial charge in [0, 0.05) is 6.54 Å². The van der Waals surface area contributed by atoms with E-state index in [1.807, 2.05) is 37.3 Å². The number of hydrogen-bond acceptors (Lipinski definition) is 7. The summed E-state index contributed by atoms with van der Waals surface area (Å²) in [6.45, 7) is 2.10. The number of hydrogen-bond donors (Lipinski definition) is 2. The normalized spacial score (nSPS) is 11.1. The standard InChI is InChI=1S/C32H32N4O6S/c1-2-41-28-19-15-27(16-20-28)36(43(39,40)30-11-7-4-8-12-30)23-31(37)35-34-22-26-13-17-29(18-14-26)42-24-32(38)33-21-25-9-5-3-6-10-25/h3-20,22H,2,21,23-24H2,1H3,(H,33,38)(H,35,37)/b34-22-. The number of nitrogens with zero attached hydrogens (tertiary/aromatic N) is 2. The van der Waals surface area contributed by atoms with E-state index in [2.05, 4.69) is 15.8 Å².